The number of aryl methyl sites for hydroxylation is 1. The van der Waals surface area contributed by atoms with Crippen molar-refractivity contribution in [2.75, 3.05) is 0 Å². The Morgan fingerprint density at radius 1 is 1.30 bits per heavy atom. The second-order valence-electron chi connectivity index (χ2n) is 4.56. The maximum Gasteiger partial charge on any atom is 0.250 e. The summed E-state index contributed by atoms with van der Waals surface area (Å²) in [4.78, 5) is 22.7. The lowest BCUT2D eigenvalue weighted by Crippen LogP contribution is -2.14. The molecule has 2 heterocycles. The maximum atomic E-state index is 11.4. The highest BCUT2D eigenvalue weighted by atomic mass is 16.1. The number of carbonyl (C=O) groups is 1. The van der Waals surface area contributed by atoms with Gasteiger partial charge in [0.25, 0.3) is 0 Å². The van der Waals surface area contributed by atoms with Gasteiger partial charge in [-0.2, -0.15) is 5.10 Å². The van der Waals surface area contributed by atoms with E-state index in [2.05, 4.69) is 10.2 Å². The Morgan fingerprint density at radius 2 is 2.10 bits per heavy atom. The molecule has 0 radical (unpaired) electrons. The molecule has 0 aliphatic carbocycles. The van der Waals surface area contributed by atoms with Crippen molar-refractivity contribution in [3.05, 3.63) is 52.4 Å². The molecule has 2 aromatic heterocycles. The normalized spacial score (nSPS) is 10.8. The van der Waals surface area contributed by atoms with E-state index in [1.165, 1.54) is 10.6 Å². The molecule has 1 aromatic carbocycles. The number of carbonyl (C=O) groups excluding carboxylic acids is 1. The zero-order valence-corrected chi connectivity index (χ0v) is 10.8. The van der Waals surface area contributed by atoms with E-state index in [0.717, 1.165) is 16.5 Å². The van der Waals surface area contributed by atoms with Crippen LogP contribution in [-0.2, 0) is 7.05 Å². The van der Waals surface area contributed by atoms with Gasteiger partial charge in [0.05, 0.1) is 5.52 Å². The van der Waals surface area contributed by atoms with Crippen LogP contribution in [0.1, 0.15) is 10.4 Å². The molecule has 0 unspecified atom stereocenters. The number of nitrogens with two attached hydrogens (primary N) is 1. The Balaban J connectivity index is 2.25. The Labute approximate surface area is 113 Å². The monoisotopic (exact) mass is 268 g/mol. The van der Waals surface area contributed by atoms with E-state index < -0.39 is 5.91 Å². The highest BCUT2D eigenvalue weighted by Gasteiger charge is 2.11. The standard InChI is InChI=1S/C14H12N4O2/c1-18-7-9(3-5-12(18)19)13-10-6-8(14(15)20)2-4-11(10)16-17-13/h2-7H,1H3,(H2,15,20)(H,16,17). The number of primary amides is 1. The Bertz CT molecular complexity index is 876. The number of H-pyrrole nitrogens is 1. The predicted octanol–water partition coefficient (Wildman–Crippen LogP) is 1.03. The van der Waals surface area contributed by atoms with Crippen LogP contribution in [0.3, 0.4) is 0 Å². The van der Waals surface area contributed by atoms with Crippen LogP contribution in [0.2, 0.25) is 0 Å². The quantitative estimate of drug-likeness (QED) is 0.726. The summed E-state index contributed by atoms with van der Waals surface area (Å²) in [5.74, 6) is -0.487. The Morgan fingerprint density at radius 3 is 2.80 bits per heavy atom. The van der Waals surface area contributed by atoms with Crippen LogP contribution < -0.4 is 11.3 Å². The highest BCUT2D eigenvalue weighted by molar-refractivity contribution is 6.00. The molecule has 0 saturated heterocycles. The second-order valence-corrected chi connectivity index (χ2v) is 4.56. The topological polar surface area (TPSA) is 93.8 Å². The Kier molecular flexibility index (Phi) is 2.64. The van der Waals surface area contributed by atoms with Gasteiger partial charge < -0.3 is 10.3 Å². The number of aromatic amines is 1. The van der Waals surface area contributed by atoms with Crippen molar-refractivity contribution in [3.63, 3.8) is 0 Å². The van der Waals surface area contributed by atoms with Gasteiger partial charge in [-0.1, -0.05) is 0 Å². The second kappa shape index (κ2) is 4.34. The molecule has 0 aliphatic rings. The summed E-state index contributed by atoms with van der Waals surface area (Å²) in [6.45, 7) is 0. The molecule has 0 saturated carbocycles. The van der Waals surface area contributed by atoms with Gasteiger partial charge >= 0.3 is 0 Å². The average molecular weight is 268 g/mol. The first-order chi connectivity index (χ1) is 9.56. The summed E-state index contributed by atoms with van der Waals surface area (Å²) >= 11 is 0. The smallest absolute Gasteiger partial charge is 0.250 e. The van der Waals surface area contributed by atoms with Crippen LogP contribution in [0.5, 0.6) is 0 Å². The van der Waals surface area contributed by atoms with Crippen LogP contribution in [0.25, 0.3) is 22.2 Å². The van der Waals surface area contributed by atoms with E-state index in [1.807, 2.05) is 0 Å². The minimum absolute atomic E-state index is 0.0913. The number of aromatic nitrogens is 3. The molecule has 3 aromatic rings. The fourth-order valence-electron chi connectivity index (χ4n) is 2.12. The minimum Gasteiger partial charge on any atom is -0.366 e. The van der Waals surface area contributed by atoms with Gasteiger partial charge in [-0.25, -0.2) is 0 Å². The maximum absolute atomic E-state index is 11.4. The molecule has 3 N–H and O–H groups in total. The molecule has 100 valence electrons. The third-order valence-corrected chi connectivity index (χ3v) is 3.21. The van der Waals surface area contributed by atoms with E-state index in [-0.39, 0.29) is 5.56 Å². The Hall–Kier alpha value is -2.89. The molecule has 1 amide bonds. The van der Waals surface area contributed by atoms with Gasteiger partial charge in [0, 0.05) is 35.8 Å². The summed E-state index contributed by atoms with van der Waals surface area (Å²) < 4.78 is 1.48. The zero-order chi connectivity index (χ0) is 14.3. The molecule has 6 heteroatoms. The van der Waals surface area contributed by atoms with Crippen molar-refractivity contribution >= 4 is 16.8 Å². The van der Waals surface area contributed by atoms with E-state index in [4.69, 9.17) is 5.73 Å². The van der Waals surface area contributed by atoms with Gasteiger partial charge in [-0.15, -0.1) is 0 Å². The van der Waals surface area contributed by atoms with Crippen molar-refractivity contribution < 1.29 is 4.79 Å². The summed E-state index contributed by atoms with van der Waals surface area (Å²) in [7, 11) is 1.68. The van der Waals surface area contributed by atoms with Crippen LogP contribution in [0.15, 0.2) is 41.3 Å². The van der Waals surface area contributed by atoms with E-state index in [9.17, 15) is 9.59 Å². The van der Waals surface area contributed by atoms with Gasteiger partial charge in [-0.3, -0.25) is 14.7 Å². The molecule has 0 spiro atoms. The lowest BCUT2D eigenvalue weighted by Gasteiger charge is -2.02. The molecular weight excluding hydrogens is 256 g/mol. The molecular formula is C14H12N4O2. The number of amides is 1. The molecule has 0 aliphatic heterocycles. The van der Waals surface area contributed by atoms with Crippen LogP contribution in [0.4, 0.5) is 0 Å². The highest BCUT2D eigenvalue weighted by Crippen LogP contribution is 2.26. The first kappa shape index (κ1) is 12.2. The van der Waals surface area contributed by atoms with Crippen LogP contribution in [-0.4, -0.2) is 20.7 Å². The molecule has 20 heavy (non-hydrogen) atoms. The zero-order valence-electron chi connectivity index (χ0n) is 10.8. The molecule has 0 fully saturated rings. The van der Waals surface area contributed by atoms with Gasteiger partial charge in [0.15, 0.2) is 0 Å². The number of pyridine rings is 1. The molecule has 0 atom stereocenters. The number of nitrogens with zero attached hydrogens (tertiary/aromatic N) is 2. The lowest BCUT2D eigenvalue weighted by atomic mass is 10.1. The van der Waals surface area contributed by atoms with Crippen molar-refractivity contribution in [1.82, 2.24) is 14.8 Å². The van der Waals surface area contributed by atoms with E-state index >= 15 is 0 Å². The number of rotatable bonds is 2. The largest absolute Gasteiger partial charge is 0.366 e. The van der Waals surface area contributed by atoms with Crippen molar-refractivity contribution in [2.45, 2.75) is 0 Å². The van der Waals surface area contributed by atoms with Gasteiger partial charge in [0.1, 0.15) is 5.69 Å². The average Bonchev–Trinajstić information content (AvgIpc) is 2.84. The first-order valence-electron chi connectivity index (χ1n) is 6.01. The summed E-state index contributed by atoms with van der Waals surface area (Å²) in [6.07, 6.45) is 1.70. The van der Waals surface area contributed by atoms with Crippen molar-refractivity contribution in [1.29, 1.82) is 0 Å². The number of nitrogens with one attached hydrogen (secondary N) is 1. The van der Waals surface area contributed by atoms with Crippen LogP contribution >= 0.6 is 0 Å². The molecule has 3 rings (SSSR count). The summed E-state index contributed by atoms with van der Waals surface area (Å²) in [5, 5.41) is 7.93. The third kappa shape index (κ3) is 1.87. The lowest BCUT2D eigenvalue weighted by molar-refractivity contribution is 0.100. The first-order valence-corrected chi connectivity index (χ1v) is 6.01. The van der Waals surface area contributed by atoms with Gasteiger partial charge in [-0.05, 0) is 24.3 Å². The SMILES string of the molecule is Cn1cc(-c2n[nH]c3ccc(C(N)=O)cc23)ccc1=O. The fourth-order valence-corrected chi connectivity index (χ4v) is 2.12. The third-order valence-electron chi connectivity index (χ3n) is 3.21. The van der Waals surface area contributed by atoms with Crippen LogP contribution in [0, 0.1) is 0 Å². The van der Waals surface area contributed by atoms with Crippen molar-refractivity contribution in [2.24, 2.45) is 12.8 Å². The predicted molar refractivity (Wildman–Crippen MR) is 75.3 cm³/mol. The fraction of sp³-hybridized carbons (Fsp3) is 0.0714. The van der Waals surface area contributed by atoms with Crippen molar-refractivity contribution in [3.8, 4) is 11.3 Å². The number of fused-ring (bicyclic) bond motifs is 1. The molecule has 0 bridgehead atoms. The van der Waals surface area contributed by atoms with E-state index in [1.54, 1.807) is 37.5 Å². The van der Waals surface area contributed by atoms with Gasteiger partial charge in [0.2, 0.25) is 11.5 Å². The minimum atomic E-state index is -0.487. The molecule has 6 nitrogen and oxygen atoms in total. The van der Waals surface area contributed by atoms with E-state index in [0.29, 0.717) is 11.3 Å². The summed E-state index contributed by atoms with van der Waals surface area (Å²) in [6, 6.07) is 8.28. The number of benzene rings is 1. The summed E-state index contributed by atoms with van der Waals surface area (Å²) in [5.41, 5.74) is 7.90. The number of hydrogen-bond donors (Lipinski definition) is 2. The number of hydrogen-bond acceptors (Lipinski definition) is 3.